The number of nitrogens with zero attached hydrogens (tertiary/aromatic N) is 2. The van der Waals surface area contributed by atoms with Gasteiger partial charge in [0.15, 0.2) is 0 Å². The van der Waals surface area contributed by atoms with E-state index in [0.717, 1.165) is 16.8 Å². The molecule has 4 heteroatoms. The highest BCUT2D eigenvalue weighted by Gasteiger charge is 2.10. The normalized spacial score (nSPS) is 10.2. The summed E-state index contributed by atoms with van der Waals surface area (Å²) in [6.45, 7) is 1.60. The van der Waals surface area contributed by atoms with Gasteiger partial charge in [0, 0.05) is 25.7 Å². The zero-order chi connectivity index (χ0) is 12.3. The highest BCUT2D eigenvalue weighted by Crippen LogP contribution is 2.22. The predicted molar refractivity (Wildman–Crippen MR) is 64.1 cm³/mol. The first-order chi connectivity index (χ1) is 8.16. The molecule has 1 aromatic heterocycles. The van der Waals surface area contributed by atoms with Crippen LogP contribution in [0.25, 0.3) is 11.1 Å². The average molecular weight is 230 g/mol. The fourth-order valence-electron chi connectivity index (χ4n) is 1.67. The zero-order valence-electron chi connectivity index (χ0n) is 9.88. The molecule has 88 valence electrons. The fourth-order valence-corrected chi connectivity index (χ4v) is 1.67. The van der Waals surface area contributed by atoms with Gasteiger partial charge in [-0.15, -0.1) is 0 Å². The van der Waals surface area contributed by atoms with Crippen LogP contribution >= 0.6 is 0 Å². The standard InChI is InChI=1S/C13H14N2O2/c1-10(16)17-9-13-12(8-15(2)14-13)11-6-4-3-5-7-11/h3-8H,9H2,1-2H3. The number of ether oxygens (including phenoxy) is 1. The molecule has 1 aromatic carbocycles. The first-order valence-electron chi connectivity index (χ1n) is 5.38. The van der Waals surface area contributed by atoms with E-state index in [1.54, 1.807) is 4.68 Å². The number of carbonyl (C=O) groups is 1. The van der Waals surface area contributed by atoms with Crippen molar-refractivity contribution < 1.29 is 9.53 Å². The zero-order valence-corrected chi connectivity index (χ0v) is 9.88. The van der Waals surface area contributed by atoms with Gasteiger partial charge in [-0.1, -0.05) is 30.3 Å². The lowest BCUT2D eigenvalue weighted by Gasteiger charge is -2.02. The second-order valence-corrected chi connectivity index (χ2v) is 3.81. The third kappa shape index (κ3) is 2.72. The molecule has 2 aromatic rings. The molecule has 0 aliphatic carbocycles. The van der Waals surface area contributed by atoms with E-state index < -0.39 is 0 Å². The van der Waals surface area contributed by atoms with Crippen LogP contribution in [0.1, 0.15) is 12.6 Å². The molecule has 0 aliphatic rings. The Morgan fingerprint density at radius 1 is 1.35 bits per heavy atom. The minimum atomic E-state index is -0.297. The van der Waals surface area contributed by atoms with E-state index in [1.165, 1.54) is 6.92 Å². The van der Waals surface area contributed by atoms with Gasteiger partial charge in [0.25, 0.3) is 0 Å². The van der Waals surface area contributed by atoms with Crippen LogP contribution in [0.2, 0.25) is 0 Å². The molecule has 0 saturated carbocycles. The van der Waals surface area contributed by atoms with E-state index in [4.69, 9.17) is 4.74 Å². The summed E-state index contributed by atoms with van der Waals surface area (Å²) in [6, 6.07) is 9.92. The van der Waals surface area contributed by atoms with Gasteiger partial charge in [0.05, 0.1) is 0 Å². The number of aryl methyl sites for hydroxylation is 1. The molecule has 0 unspecified atom stereocenters. The van der Waals surface area contributed by atoms with Gasteiger partial charge in [0.2, 0.25) is 0 Å². The number of benzene rings is 1. The summed E-state index contributed by atoms with van der Waals surface area (Å²) in [6.07, 6.45) is 1.92. The molecule has 0 radical (unpaired) electrons. The molecule has 0 aliphatic heterocycles. The van der Waals surface area contributed by atoms with Crippen LogP contribution in [0.3, 0.4) is 0 Å². The number of carbonyl (C=O) groups excluding carboxylic acids is 1. The molecule has 0 saturated heterocycles. The Kier molecular flexibility index (Phi) is 3.23. The predicted octanol–water partition coefficient (Wildman–Crippen LogP) is 2.15. The van der Waals surface area contributed by atoms with Crippen LogP contribution in [0.5, 0.6) is 0 Å². The summed E-state index contributed by atoms with van der Waals surface area (Å²) in [5.74, 6) is -0.297. The summed E-state index contributed by atoms with van der Waals surface area (Å²) in [4.78, 5) is 10.8. The lowest BCUT2D eigenvalue weighted by Crippen LogP contribution is -2.01. The maximum absolute atomic E-state index is 10.8. The van der Waals surface area contributed by atoms with Crippen molar-refractivity contribution in [3.05, 3.63) is 42.2 Å². The quantitative estimate of drug-likeness (QED) is 0.759. The van der Waals surface area contributed by atoms with Crippen molar-refractivity contribution in [2.75, 3.05) is 0 Å². The van der Waals surface area contributed by atoms with Gasteiger partial charge in [0.1, 0.15) is 12.3 Å². The fraction of sp³-hybridized carbons (Fsp3) is 0.231. The topological polar surface area (TPSA) is 44.1 Å². The van der Waals surface area contributed by atoms with Crippen molar-refractivity contribution in [2.24, 2.45) is 7.05 Å². The Balaban J connectivity index is 2.31. The summed E-state index contributed by atoms with van der Waals surface area (Å²) in [5, 5.41) is 4.30. The first kappa shape index (κ1) is 11.4. The molecule has 0 amide bonds. The van der Waals surface area contributed by atoms with E-state index in [2.05, 4.69) is 5.10 Å². The van der Waals surface area contributed by atoms with Gasteiger partial charge in [-0.05, 0) is 5.56 Å². The van der Waals surface area contributed by atoms with Crippen molar-refractivity contribution >= 4 is 5.97 Å². The summed E-state index contributed by atoms with van der Waals surface area (Å²) >= 11 is 0. The molecule has 0 spiro atoms. The van der Waals surface area contributed by atoms with Crippen LogP contribution in [-0.2, 0) is 23.2 Å². The van der Waals surface area contributed by atoms with Crippen molar-refractivity contribution in [1.29, 1.82) is 0 Å². The number of hydrogen-bond donors (Lipinski definition) is 0. The summed E-state index contributed by atoms with van der Waals surface area (Å²) in [5.41, 5.74) is 2.84. The first-order valence-corrected chi connectivity index (χ1v) is 5.38. The molecule has 4 nitrogen and oxygen atoms in total. The molecular formula is C13H14N2O2. The minimum Gasteiger partial charge on any atom is -0.459 e. The van der Waals surface area contributed by atoms with Gasteiger partial charge >= 0.3 is 5.97 Å². The molecule has 1 heterocycles. The number of esters is 1. The smallest absolute Gasteiger partial charge is 0.303 e. The maximum atomic E-state index is 10.8. The van der Waals surface area contributed by atoms with E-state index in [0.29, 0.717) is 0 Å². The largest absolute Gasteiger partial charge is 0.459 e. The second-order valence-electron chi connectivity index (χ2n) is 3.81. The van der Waals surface area contributed by atoms with Gasteiger partial charge in [-0.25, -0.2) is 0 Å². The third-order valence-electron chi connectivity index (χ3n) is 2.40. The van der Waals surface area contributed by atoms with Crippen molar-refractivity contribution in [1.82, 2.24) is 9.78 Å². The Morgan fingerprint density at radius 2 is 2.06 bits per heavy atom. The van der Waals surface area contributed by atoms with Crippen LogP contribution < -0.4 is 0 Å². The van der Waals surface area contributed by atoms with E-state index in [1.807, 2.05) is 43.6 Å². The molecule has 17 heavy (non-hydrogen) atoms. The SMILES string of the molecule is CC(=O)OCc1nn(C)cc1-c1ccccc1. The monoisotopic (exact) mass is 230 g/mol. The van der Waals surface area contributed by atoms with Crippen LogP contribution in [0.4, 0.5) is 0 Å². The van der Waals surface area contributed by atoms with Gasteiger partial charge in [-0.2, -0.15) is 5.10 Å². The highest BCUT2D eigenvalue weighted by molar-refractivity contribution is 5.67. The Labute approximate surface area is 99.8 Å². The average Bonchev–Trinajstić information content (AvgIpc) is 2.69. The Morgan fingerprint density at radius 3 is 2.71 bits per heavy atom. The number of aromatic nitrogens is 2. The van der Waals surface area contributed by atoms with Crippen LogP contribution in [0.15, 0.2) is 36.5 Å². The summed E-state index contributed by atoms with van der Waals surface area (Å²) < 4.78 is 6.71. The molecule has 0 atom stereocenters. The van der Waals surface area contributed by atoms with Gasteiger partial charge < -0.3 is 4.74 Å². The van der Waals surface area contributed by atoms with Crippen molar-refractivity contribution in [2.45, 2.75) is 13.5 Å². The molecule has 2 rings (SSSR count). The van der Waals surface area contributed by atoms with Crippen molar-refractivity contribution in [3.8, 4) is 11.1 Å². The third-order valence-corrected chi connectivity index (χ3v) is 2.40. The molecule has 0 bridgehead atoms. The lowest BCUT2D eigenvalue weighted by molar-refractivity contribution is -0.142. The summed E-state index contributed by atoms with van der Waals surface area (Å²) in [7, 11) is 1.85. The second kappa shape index (κ2) is 4.82. The molecular weight excluding hydrogens is 216 g/mol. The number of hydrogen-bond acceptors (Lipinski definition) is 3. The van der Waals surface area contributed by atoms with Crippen LogP contribution in [0, 0.1) is 0 Å². The Hall–Kier alpha value is -2.10. The van der Waals surface area contributed by atoms with E-state index >= 15 is 0 Å². The minimum absolute atomic E-state index is 0.209. The highest BCUT2D eigenvalue weighted by atomic mass is 16.5. The number of rotatable bonds is 3. The van der Waals surface area contributed by atoms with E-state index in [-0.39, 0.29) is 12.6 Å². The molecule has 0 N–H and O–H groups in total. The maximum Gasteiger partial charge on any atom is 0.303 e. The molecule has 0 fully saturated rings. The van der Waals surface area contributed by atoms with E-state index in [9.17, 15) is 4.79 Å². The lowest BCUT2D eigenvalue weighted by atomic mass is 10.1. The van der Waals surface area contributed by atoms with Crippen molar-refractivity contribution in [3.63, 3.8) is 0 Å². The Bertz CT molecular complexity index is 517. The van der Waals surface area contributed by atoms with Gasteiger partial charge in [-0.3, -0.25) is 9.48 Å². The van der Waals surface area contributed by atoms with Crippen LogP contribution in [-0.4, -0.2) is 15.7 Å².